The third-order valence-corrected chi connectivity index (χ3v) is 3.42. The summed E-state index contributed by atoms with van der Waals surface area (Å²) in [6.07, 6.45) is 0.924. The largest absolute Gasteiger partial charge is 0.298 e. The van der Waals surface area contributed by atoms with E-state index >= 15 is 0 Å². The van der Waals surface area contributed by atoms with Crippen molar-refractivity contribution in [2.75, 3.05) is 0 Å². The lowest BCUT2D eigenvalue weighted by Crippen LogP contribution is -1.85. The Balaban J connectivity index is 2.62. The minimum absolute atomic E-state index is 0.786. The van der Waals surface area contributed by atoms with E-state index in [1.54, 1.807) is 11.3 Å². The lowest BCUT2D eigenvalue weighted by Gasteiger charge is -2.05. The van der Waals surface area contributed by atoms with Crippen LogP contribution in [0.25, 0.3) is 10.4 Å². The van der Waals surface area contributed by atoms with Gasteiger partial charge in [0, 0.05) is 10.4 Å². The maximum absolute atomic E-state index is 10.9. The van der Waals surface area contributed by atoms with E-state index in [4.69, 9.17) is 0 Å². The lowest BCUT2D eigenvalue weighted by molar-refractivity contribution is 0.112. The van der Waals surface area contributed by atoms with Gasteiger partial charge >= 0.3 is 0 Å². The maximum Gasteiger partial charge on any atom is 0.151 e. The first-order valence-electron chi connectivity index (χ1n) is 4.82. The van der Waals surface area contributed by atoms with Gasteiger partial charge in [-0.1, -0.05) is 23.8 Å². The molecule has 1 aromatic carbocycles. The van der Waals surface area contributed by atoms with Gasteiger partial charge < -0.3 is 0 Å². The summed E-state index contributed by atoms with van der Waals surface area (Å²) in [7, 11) is 0. The highest BCUT2D eigenvalue weighted by molar-refractivity contribution is 7.14. The number of hydrogen-bond donors (Lipinski definition) is 0. The van der Waals surface area contributed by atoms with Crippen LogP contribution in [-0.2, 0) is 0 Å². The summed E-state index contributed by atoms with van der Waals surface area (Å²) in [5.74, 6) is 0. The second-order valence-electron chi connectivity index (χ2n) is 3.64. The van der Waals surface area contributed by atoms with Crippen LogP contribution in [0.15, 0.2) is 29.6 Å². The average molecular weight is 216 g/mol. The van der Waals surface area contributed by atoms with Crippen LogP contribution in [0.1, 0.15) is 21.5 Å². The summed E-state index contributed by atoms with van der Waals surface area (Å²) in [5.41, 5.74) is 4.40. The van der Waals surface area contributed by atoms with E-state index in [0.29, 0.717) is 0 Å². The summed E-state index contributed by atoms with van der Waals surface area (Å²) in [5, 5.41) is 1.96. The molecule has 0 aliphatic rings. The van der Waals surface area contributed by atoms with Crippen LogP contribution in [0, 0.1) is 13.8 Å². The Labute approximate surface area is 93.4 Å². The van der Waals surface area contributed by atoms with Crippen LogP contribution in [0.5, 0.6) is 0 Å². The van der Waals surface area contributed by atoms with Crippen molar-refractivity contribution < 1.29 is 4.79 Å². The van der Waals surface area contributed by atoms with Gasteiger partial charge in [0.25, 0.3) is 0 Å². The van der Waals surface area contributed by atoms with Crippen LogP contribution >= 0.6 is 11.3 Å². The highest BCUT2D eigenvalue weighted by Crippen LogP contribution is 2.31. The molecule has 0 radical (unpaired) electrons. The van der Waals surface area contributed by atoms with Crippen molar-refractivity contribution in [2.24, 2.45) is 0 Å². The van der Waals surface area contributed by atoms with Crippen molar-refractivity contribution >= 4 is 17.6 Å². The Morgan fingerprint density at radius 3 is 2.73 bits per heavy atom. The summed E-state index contributed by atoms with van der Waals surface area (Å²) in [4.78, 5) is 11.9. The molecule has 0 atom stereocenters. The molecule has 15 heavy (non-hydrogen) atoms. The molecule has 0 saturated carbocycles. The monoisotopic (exact) mass is 216 g/mol. The van der Waals surface area contributed by atoms with Gasteiger partial charge in [-0.2, -0.15) is 0 Å². The van der Waals surface area contributed by atoms with E-state index in [0.717, 1.165) is 16.7 Å². The van der Waals surface area contributed by atoms with Crippen molar-refractivity contribution in [3.8, 4) is 10.4 Å². The molecule has 0 aliphatic heterocycles. The van der Waals surface area contributed by atoms with Crippen LogP contribution < -0.4 is 0 Å². The molecule has 0 fully saturated rings. The second kappa shape index (κ2) is 3.99. The van der Waals surface area contributed by atoms with Crippen molar-refractivity contribution in [3.05, 3.63) is 46.3 Å². The zero-order valence-electron chi connectivity index (χ0n) is 8.78. The quantitative estimate of drug-likeness (QED) is 0.697. The standard InChI is InChI=1S/C13H12OS/c1-9-3-4-10(2)12(7-9)13-11(8-14)5-6-15-13/h3-8H,1-2H3. The molecule has 1 nitrogen and oxygen atoms in total. The number of thiophene rings is 1. The van der Waals surface area contributed by atoms with E-state index < -0.39 is 0 Å². The van der Waals surface area contributed by atoms with Crippen LogP contribution in [-0.4, -0.2) is 6.29 Å². The fraction of sp³-hybridized carbons (Fsp3) is 0.154. The van der Waals surface area contributed by atoms with E-state index in [1.807, 2.05) is 11.4 Å². The van der Waals surface area contributed by atoms with Crippen LogP contribution in [0.2, 0.25) is 0 Å². The molecule has 0 amide bonds. The third kappa shape index (κ3) is 1.85. The number of hydrogen-bond acceptors (Lipinski definition) is 2. The minimum atomic E-state index is 0.786. The molecule has 0 aliphatic carbocycles. The van der Waals surface area contributed by atoms with Gasteiger partial charge in [-0.3, -0.25) is 4.79 Å². The molecule has 0 unspecified atom stereocenters. The zero-order valence-corrected chi connectivity index (χ0v) is 9.60. The molecule has 0 N–H and O–H groups in total. The lowest BCUT2D eigenvalue weighted by atomic mass is 10.0. The first-order valence-corrected chi connectivity index (χ1v) is 5.70. The summed E-state index contributed by atoms with van der Waals surface area (Å²) < 4.78 is 0. The second-order valence-corrected chi connectivity index (χ2v) is 4.56. The SMILES string of the molecule is Cc1ccc(C)c(-c2sccc2C=O)c1. The van der Waals surface area contributed by atoms with Crippen LogP contribution in [0.4, 0.5) is 0 Å². The van der Waals surface area contributed by atoms with E-state index in [1.165, 1.54) is 16.7 Å². The normalized spacial score (nSPS) is 10.3. The molecule has 76 valence electrons. The molecule has 2 aromatic rings. The van der Waals surface area contributed by atoms with Crippen LogP contribution in [0.3, 0.4) is 0 Å². The fourth-order valence-electron chi connectivity index (χ4n) is 1.61. The third-order valence-electron chi connectivity index (χ3n) is 2.46. The number of carbonyl (C=O) groups is 1. The number of aldehydes is 1. The van der Waals surface area contributed by atoms with Gasteiger partial charge in [0.2, 0.25) is 0 Å². The number of rotatable bonds is 2. The fourth-order valence-corrected chi connectivity index (χ4v) is 2.56. The summed E-state index contributed by atoms with van der Waals surface area (Å²) in [6, 6.07) is 8.19. The predicted molar refractivity (Wildman–Crippen MR) is 64.6 cm³/mol. The summed E-state index contributed by atoms with van der Waals surface area (Å²) >= 11 is 1.62. The molecular formula is C13H12OS. The highest BCUT2D eigenvalue weighted by Gasteiger charge is 2.08. The molecule has 0 bridgehead atoms. The minimum Gasteiger partial charge on any atom is -0.298 e. The molecule has 1 heterocycles. The number of benzene rings is 1. The predicted octanol–water partition coefficient (Wildman–Crippen LogP) is 3.84. The Morgan fingerprint density at radius 2 is 2.00 bits per heavy atom. The first-order chi connectivity index (χ1) is 7.22. The average Bonchev–Trinajstić information content (AvgIpc) is 2.69. The van der Waals surface area contributed by atoms with Crippen molar-refractivity contribution in [1.29, 1.82) is 0 Å². The smallest absolute Gasteiger partial charge is 0.151 e. The molecular weight excluding hydrogens is 204 g/mol. The Kier molecular flexibility index (Phi) is 2.69. The van der Waals surface area contributed by atoms with Gasteiger partial charge in [0.05, 0.1) is 0 Å². The molecule has 1 aromatic heterocycles. The van der Waals surface area contributed by atoms with Crippen molar-refractivity contribution in [3.63, 3.8) is 0 Å². The molecule has 2 rings (SSSR count). The zero-order chi connectivity index (χ0) is 10.8. The van der Waals surface area contributed by atoms with Crippen molar-refractivity contribution in [1.82, 2.24) is 0 Å². The number of carbonyl (C=O) groups excluding carboxylic acids is 1. The molecule has 0 saturated heterocycles. The van der Waals surface area contributed by atoms with Gasteiger partial charge in [-0.05, 0) is 36.4 Å². The maximum atomic E-state index is 10.9. The van der Waals surface area contributed by atoms with E-state index in [-0.39, 0.29) is 0 Å². The Bertz CT molecular complexity index is 497. The van der Waals surface area contributed by atoms with Gasteiger partial charge in [-0.15, -0.1) is 11.3 Å². The Morgan fingerprint density at radius 1 is 1.20 bits per heavy atom. The van der Waals surface area contributed by atoms with E-state index in [2.05, 4.69) is 32.0 Å². The topological polar surface area (TPSA) is 17.1 Å². The van der Waals surface area contributed by atoms with Gasteiger partial charge in [-0.25, -0.2) is 0 Å². The summed E-state index contributed by atoms with van der Waals surface area (Å²) in [6.45, 7) is 4.14. The highest BCUT2D eigenvalue weighted by atomic mass is 32.1. The molecule has 0 spiro atoms. The van der Waals surface area contributed by atoms with Crippen molar-refractivity contribution in [2.45, 2.75) is 13.8 Å². The Hall–Kier alpha value is -1.41. The number of aryl methyl sites for hydroxylation is 2. The first kappa shape index (κ1) is 10.1. The van der Waals surface area contributed by atoms with Gasteiger partial charge in [0.1, 0.15) is 0 Å². The van der Waals surface area contributed by atoms with E-state index in [9.17, 15) is 4.79 Å². The molecule has 2 heteroatoms. The van der Waals surface area contributed by atoms with Gasteiger partial charge in [0.15, 0.2) is 6.29 Å².